The Morgan fingerprint density at radius 2 is 1.02 bits per heavy atom. The van der Waals surface area contributed by atoms with Crippen molar-refractivity contribution in [1.82, 2.24) is 15.0 Å². The van der Waals surface area contributed by atoms with Crippen LogP contribution in [0, 0.1) is 0 Å². The summed E-state index contributed by atoms with van der Waals surface area (Å²) in [5.41, 5.74) is 7.89. The molecule has 0 fully saturated rings. The van der Waals surface area contributed by atoms with Crippen LogP contribution in [0.3, 0.4) is 0 Å². The lowest BCUT2D eigenvalue weighted by molar-refractivity contribution is 0.669. The Kier molecular flexibility index (Phi) is 6.29. The molecule has 0 aliphatic rings. The molecular weight excluding hydrogens is 703 g/mol. The summed E-state index contributed by atoms with van der Waals surface area (Å²) in [7, 11) is 0. The van der Waals surface area contributed by atoms with Gasteiger partial charge in [-0.1, -0.05) is 152 Å². The molecular formula is C51H31N3OS. The number of hydrogen-bond donors (Lipinski definition) is 0. The number of hydrogen-bond acceptors (Lipinski definition) is 5. The van der Waals surface area contributed by atoms with Crippen LogP contribution in [0.4, 0.5) is 0 Å². The molecule has 0 spiro atoms. The van der Waals surface area contributed by atoms with Crippen molar-refractivity contribution in [3.63, 3.8) is 0 Å². The predicted molar refractivity (Wildman–Crippen MR) is 233 cm³/mol. The SMILES string of the molecule is [2H]c1c([2H])c(-c2ccc3oc4ccccc4c3c2)c2c(sc3c([2H])c(-c4nc(-c5ccc(-c6ccccc6)cc5)nc(-c5cccc(-c6ccccc6)c5)n4)c([2H])c([2H])c32)c1[2H]. The Hall–Kier alpha value is -7.21. The first-order valence-electron chi connectivity index (χ1n) is 21.2. The molecule has 8 aromatic carbocycles. The molecule has 56 heavy (non-hydrogen) atoms. The second-order valence-corrected chi connectivity index (χ2v) is 14.5. The molecule has 0 unspecified atom stereocenters. The highest BCUT2D eigenvalue weighted by molar-refractivity contribution is 7.26. The molecule has 0 aliphatic carbocycles. The summed E-state index contributed by atoms with van der Waals surface area (Å²) >= 11 is 1.12. The maximum absolute atomic E-state index is 9.74. The molecule has 0 aliphatic heterocycles. The first-order valence-corrected chi connectivity index (χ1v) is 19.0. The van der Waals surface area contributed by atoms with Gasteiger partial charge in [-0.2, -0.15) is 0 Å². The molecule has 262 valence electrons. The standard InChI is InChI=1S/C51H31N3OS/c1-3-11-32(12-4-1)34-21-23-35(24-22-34)49-52-50(38-16-9-15-36(29-38)33-13-5-2-6-14-33)54-51(53-49)39-25-27-42-47(31-39)56-46-20-10-18-40(48(42)46)37-26-28-45-43(30-37)41-17-7-8-19-44(41)55-45/h1-31H/i10D,18D,20D,25D,27D,31D. The van der Waals surface area contributed by atoms with Gasteiger partial charge >= 0.3 is 0 Å². The van der Waals surface area contributed by atoms with Crippen LogP contribution in [0.5, 0.6) is 0 Å². The lowest BCUT2D eigenvalue weighted by Crippen LogP contribution is -2.00. The van der Waals surface area contributed by atoms with E-state index in [0.29, 0.717) is 54.3 Å². The predicted octanol–water partition coefficient (Wildman–Crippen LogP) is 14.1. The minimum atomic E-state index is -0.266. The van der Waals surface area contributed by atoms with Crippen LogP contribution in [0.2, 0.25) is 0 Å². The third-order valence-electron chi connectivity index (χ3n) is 10.1. The number of fused-ring (bicyclic) bond motifs is 6. The normalized spacial score (nSPS) is 13.1. The molecule has 3 heterocycles. The molecule has 0 atom stereocenters. The van der Waals surface area contributed by atoms with E-state index in [4.69, 9.17) is 22.1 Å². The quantitative estimate of drug-likeness (QED) is 0.170. The van der Waals surface area contributed by atoms with Gasteiger partial charge < -0.3 is 4.42 Å². The van der Waals surface area contributed by atoms with Gasteiger partial charge in [0.2, 0.25) is 0 Å². The zero-order valence-electron chi connectivity index (χ0n) is 35.6. The minimum absolute atomic E-state index is 0.0515. The molecule has 11 rings (SSSR count). The molecule has 0 bridgehead atoms. The number of aromatic nitrogens is 3. The molecule has 5 heteroatoms. The molecule has 11 aromatic rings. The first kappa shape index (κ1) is 26.5. The fourth-order valence-corrected chi connectivity index (χ4v) is 8.34. The molecule has 0 saturated carbocycles. The summed E-state index contributed by atoms with van der Waals surface area (Å²) in [6, 6.07) is 47.9. The molecule has 4 nitrogen and oxygen atoms in total. The lowest BCUT2D eigenvalue weighted by atomic mass is 9.97. The van der Waals surface area contributed by atoms with E-state index in [9.17, 15) is 5.48 Å². The van der Waals surface area contributed by atoms with Crippen molar-refractivity contribution in [1.29, 1.82) is 0 Å². The fraction of sp³-hybridized carbons (Fsp3) is 0. The van der Waals surface area contributed by atoms with Crippen molar-refractivity contribution < 1.29 is 12.6 Å². The van der Waals surface area contributed by atoms with Crippen LogP contribution in [0.25, 0.3) is 110 Å². The van der Waals surface area contributed by atoms with E-state index in [2.05, 4.69) is 0 Å². The van der Waals surface area contributed by atoms with Crippen molar-refractivity contribution in [2.24, 2.45) is 0 Å². The Balaban J connectivity index is 1.14. The van der Waals surface area contributed by atoms with Crippen molar-refractivity contribution in [3.8, 4) is 67.5 Å². The third kappa shape index (κ3) is 5.65. The van der Waals surface area contributed by atoms with E-state index in [1.54, 1.807) is 0 Å². The Morgan fingerprint density at radius 3 is 1.82 bits per heavy atom. The summed E-state index contributed by atoms with van der Waals surface area (Å²) in [5, 5.41) is 2.40. The first-order chi connectivity index (χ1) is 30.2. The maximum atomic E-state index is 9.74. The Labute approximate surface area is 335 Å². The molecule has 0 N–H and O–H groups in total. The topological polar surface area (TPSA) is 51.8 Å². The number of thiophene rings is 1. The third-order valence-corrected chi connectivity index (χ3v) is 11.1. The van der Waals surface area contributed by atoms with Crippen molar-refractivity contribution in [3.05, 3.63) is 188 Å². The van der Waals surface area contributed by atoms with Gasteiger partial charge in [-0.15, -0.1) is 11.3 Å². The Morgan fingerprint density at radius 1 is 0.411 bits per heavy atom. The van der Waals surface area contributed by atoms with Crippen LogP contribution >= 0.6 is 11.3 Å². The van der Waals surface area contributed by atoms with E-state index in [0.717, 1.165) is 49.9 Å². The fourth-order valence-electron chi connectivity index (χ4n) is 7.31. The van der Waals surface area contributed by atoms with E-state index < -0.39 is 0 Å². The molecule has 3 aromatic heterocycles. The number of rotatable bonds is 6. The van der Waals surface area contributed by atoms with Gasteiger partial charge in [0.1, 0.15) is 11.2 Å². The number of para-hydroxylation sites is 1. The number of furan rings is 1. The smallest absolute Gasteiger partial charge is 0.164 e. The van der Waals surface area contributed by atoms with E-state index in [1.807, 2.05) is 152 Å². The van der Waals surface area contributed by atoms with Crippen LogP contribution in [-0.2, 0) is 0 Å². The molecule has 0 amide bonds. The highest BCUT2D eigenvalue weighted by Gasteiger charge is 2.17. The van der Waals surface area contributed by atoms with Crippen LogP contribution < -0.4 is 0 Å². The van der Waals surface area contributed by atoms with Gasteiger partial charge in [-0.05, 0) is 69.7 Å². The minimum Gasteiger partial charge on any atom is -0.456 e. The average Bonchev–Trinajstić information content (AvgIpc) is 3.90. The van der Waals surface area contributed by atoms with E-state index in [-0.39, 0.29) is 53.0 Å². The van der Waals surface area contributed by atoms with Crippen molar-refractivity contribution in [2.75, 3.05) is 0 Å². The summed E-state index contributed by atoms with van der Waals surface area (Å²) in [5.74, 6) is 0.746. The highest BCUT2D eigenvalue weighted by atomic mass is 32.1. The highest BCUT2D eigenvalue weighted by Crippen LogP contribution is 2.43. The summed E-state index contributed by atoms with van der Waals surface area (Å²) in [4.78, 5) is 14.8. The van der Waals surface area contributed by atoms with Crippen LogP contribution in [0.15, 0.2) is 192 Å². The van der Waals surface area contributed by atoms with Crippen LogP contribution in [0.1, 0.15) is 8.22 Å². The van der Waals surface area contributed by atoms with Crippen LogP contribution in [-0.4, -0.2) is 15.0 Å². The average molecular weight is 740 g/mol. The van der Waals surface area contributed by atoms with Crippen molar-refractivity contribution in [2.45, 2.75) is 0 Å². The molecule has 0 radical (unpaired) electrons. The van der Waals surface area contributed by atoms with Gasteiger partial charge in [0, 0.05) is 47.6 Å². The second-order valence-electron chi connectivity index (χ2n) is 13.5. The Bertz CT molecular complexity index is 3590. The van der Waals surface area contributed by atoms with Crippen molar-refractivity contribution >= 4 is 53.4 Å². The van der Waals surface area contributed by atoms with Gasteiger partial charge in [-0.3, -0.25) is 0 Å². The van der Waals surface area contributed by atoms with Gasteiger partial charge in [0.05, 0.1) is 8.22 Å². The number of nitrogens with zero attached hydrogens (tertiary/aromatic N) is 3. The monoisotopic (exact) mass is 739 g/mol. The van der Waals surface area contributed by atoms with E-state index in [1.165, 1.54) is 0 Å². The number of benzene rings is 8. The lowest BCUT2D eigenvalue weighted by Gasteiger charge is -2.10. The zero-order chi connectivity index (χ0) is 42.2. The molecule has 0 saturated heterocycles. The van der Waals surface area contributed by atoms with E-state index >= 15 is 0 Å². The summed E-state index contributed by atoms with van der Waals surface area (Å²) in [6.45, 7) is 0. The largest absolute Gasteiger partial charge is 0.456 e. The van der Waals surface area contributed by atoms with Gasteiger partial charge in [0.15, 0.2) is 17.5 Å². The van der Waals surface area contributed by atoms with Gasteiger partial charge in [0.25, 0.3) is 0 Å². The van der Waals surface area contributed by atoms with Gasteiger partial charge in [-0.25, -0.2) is 15.0 Å². The second kappa shape index (κ2) is 13.3. The summed E-state index contributed by atoms with van der Waals surface area (Å²) < 4.78 is 62.7. The zero-order valence-corrected chi connectivity index (χ0v) is 30.4. The maximum Gasteiger partial charge on any atom is 0.164 e. The summed E-state index contributed by atoms with van der Waals surface area (Å²) in [6.07, 6.45) is 0.